The van der Waals surface area contributed by atoms with E-state index < -0.39 is 5.82 Å². The van der Waals surface area contributed by atoms with Gasteiger partial charge in [0.1, 0.15) is 5.82 Å². The summed E-state index contributed by atoms with van der Waals surface area (Å²) in [5, 5.41) is 0. The van der Waals surface area contributed by atoms with Crippen molar-refractivity contribution < 1.29 is 14.0 Å². The molecule has 0 fully saturated rings. The van der Waals surface area contributed by atoms with Crippen LogP contribution in [0.4, 0.5) is 10.1 Å². The number of nitrogens with zero attached hydrogens (tertiary/aromatic N) is 1. The van der Waals surface area contributed by atoms with Gasteiger partial charge in [-0.3, -0.25) is 9.59 Å². The minimum atomic E-state index is -0.410. The SMILES string of the molecule is CCSC1=C(c2ccccc2)C(=O)N(c2ccc(F)cc2)C1=O. The normalized spacial score (nSPS) is 14.8. The standard InChI is InChI=1S/C18H14FNO2S/c1-2-23-16-15(12-6-4-3-5-7-12)17(21)20(18(16)22)14-10-8-13(19)9-11-14/h3-11H,2H2,1H3. The monoisotopic (exact) mass is 327 g/mol. The molecule has 0 aliphatic carbocycles. The van der Waals surface area contributed by atoms with Gasteiger partial charge in [-0.25, -0.2) is 9.29 Å². The van der Waals surface area contributed by atoms with Crippen LogP contribution in [0.25, 0.3) is 5.57 Å². The zero-order valence-electron chi connectivity index (χ0n) is 12.5. The van der Waals surface area contributed by atoms with Crippen molar-refractivity contribution in [3.05, 3.63) is 70.9 Å². The molecule has 0 saturated carbocycles. The molecule has 0 radical (unpaired) electrons. The Labute approximate surface area is 137 Å². The van der Waals surface area contributed by atoms with Crippen LogP contribution in [0.1, 0.15) is 12.5 Å². The molecule has 2 aromatic carbocycles. The highest BCUT2D eigenvalue weighted by molar-refractivity contribution is 8.04. The molecule has 0 saturated heterocycles. The summed E-state index contributed by atoms with van der Waals surface area (Å²) < 4.78 is 13.1. The Bertz CT molecular complexity index is 784. The summed E-state index contributed by atoms with van der Waals surface area (Å²) >= 11 is 1.35. The molecular formula is C18H14FNO2S. The number of carbonyl (C=O) groups excluding carboxylic acids is 2. The van der Waals surface area contributed by atoms with Crippen molar-refractivity contribution in [3.63, 3.8) is 0 Å². The lowest BCUT2D eigenvalue weighted by molar-refractivity contribution is -0.119. The molecule has 5 heteroatoms. The molecule has 116 valence electrons. The van der Waals surface area contributed by atoms with Gasteiger partial charge in [0, 0.05) is 0 Å². The fourth-order valence-electron chi connectivity index (χ4n) is 2.47. The minimum absolute atomic E-state index is 0.354. The van der Waals surface area contributed by atoms with E-state index >= 15 is 0 Å². The van der Waals surface area contributed by atoms with Crippen molar-refractivity contribution in [3.8, 4) is 0 Å². The smallest absolute Gasteiger partial charge is 0.268 e. The molecule has 2 amide bonds. The molecule has 23 heavy (non-hydrogen) atoms. The van der Waals surface area contributed by atoms with Gasteiger partial charge < -0.3 is 0 Å². The van der Waals surface area contributed by atoms with E-state index in [9.17, 15) is 14.0 Å². The van der Waals surface area contributed by atoms with E-state index in [1.165, 1.54) is 36.0 Å². The fourth-order valence-corrected chi connectivity index (χ4v) is 3.32. The minimum Gasteiger partial charge on any atom is -0.268 e. The number of imide groups is 1. The maximum absolute atomic E-state index is 13.1. The second-order valence-electron chi connectivity index (χ2n) is 4.93. The topological polar surface area (TPSA) is 37.4 Å². The molecule has 0 aromatic heterocycles. The van der Waals surface area contributed by atoms with E-state index in [1.807, 2.05) is 37.3 Å². The van der Waals surface area contributed by atoms with Crippen LogP contribution in [0.3, 0.4) is 0 Å². The number of thioether (sulfide) groups is 1. The van der Waals surface area contributed by atoms with Gasteiger partial charge in [0.25, 0.3) is 11.8 Å². The van der Waals surface area contributed by atoms with Crippen LogP contribution in [0.5, 0.6) is 0 Å². The molecule has 0 bridgehead atoms. The van der Waals surface area contributed by atoms with Crippen LogP contribution >= 0.6 is 11.8 Å². The van der Waals surface area contributed by atoms with E-state index in [2.05, 4.69) is 0 Å². The van der Waals surface area contributed by atoms with Gasteiger partial charge in [-0.15, -0.1) is 11.8 Å². The number of hydrogen-bond donors (Lipinski definition) is 0. The summed E-state index contributed by atoms with van der Waals surface area (Å²) in [6.45, 7) is 1.93. The Morgan fingerprint density at radius 1 is 0.957 bits per heavy atom. The predicted molar refractivity (Wildman–Crippen MR) is 90.4 cm³/mol. The second-order valence-corrected chi connectivity index (χ2v) is 6.20. The summed E-state index contributed by atoms with van der Waals surface area (Å²) in [6, 6.07) is 14.5. The van der Waals surface area contributed by atoms with E-state index in [-0.39, 0.29) is 11.8 Å². The number of halogens is 1. The highest BCUT2D eigenvalue weighted by atomic mass is 32.2. The number of anilines is 1. The van der Waals surface area contributed by atoms with Gasteiger partial charge in [0.15, 0.2) is 0 Å². The molecule has 0 unspecified atom stereocenters. The van der Waals surface area contributed by atoms with Crippen molar-refractivity contribution in [2.75, 3.05) is 10.7 Å². The van der Waals surface area contributed by atoms with Gasteiger partial charge in [0.2, 0.25) is 0 Å². The quantitative estimate of drug-likeness (QED) is 0.800. The molecule has 2 aromatic rings. The first-order chi connectivity index (χ1) is 11.1. The summed E-state index contributed by atoms with van der Waals surface area (Å²) in [5.41, 5.74) is 1.50. The Morgan fingerprint density at radius 2 is 1.61 bits per heavy atom. The van der Waals surface area contributed by atoms with Crippen molar-refractivity contribution in [1.82, 2.24) is 0 Å². The lowest BCUT2D eigenvalue weighted by Crippen LogP contribution is -2.31. The maximum Gasteiger partial charge on any atom is 0.272 e. The number of benzene rings is 2. The molecule has 0 N–H and O–H groups in total. The zero-order chi connectivity index (χ0) is 16.4. The predicted octanol–water partition coefficient (Wildman–Crippen LogP) is 3.86. The van der Waals surface area contributed by atoms with Crippen LogP contribution in [-0.2, 0) is 9.59 Å². The molecule has 1 aliphatic heterocycles. The summed E-state index contributed by atoms with van der Waals surface area (Å²) in [5.74, 6) is -0.453. The number of rotatable bonds is 4. The van der Waals surface area contributed by atoms with Gasteiger partial charge in [-0.2, -0.15) is 0 Å². The third-order valence-corrected chi connectivity index (χ3v) is 4.43. The van der Waals surface area contributed by atoms with Crippen molar-refractivity contribution in [2.24, 2.45) is 0 Å². The first-order valence-corrected chi connectivity index (χ1v) is 8.19. The number of hydrogen-bond acceptors (Lipinski definition) is 3. The molecule has 0 atom stereocenters. The lowest BCUT2D eigenvalue weighted by Gasteiger charge is -2.15. The Kier molecular flexibility index (Phi) is 4.30. The van der Waals surface area contributed by atoms with Crippen molar-refractivity contribution in [2.45, 2.75) is 6.92 Å². The van der Waals surface area contributed by atoms with Crippen molar-refractivity contribution in [1.29, 1.82) is 0 Å². The Morgan fingerprint density at radius 3 is 2.22 bits per heavy atom. The van der Waals surface area contributed by atoms with Crippen LogP contribution in [0.2, 0.25) is 0 Å². The summed E-state index contributed by atoms with van der Waals surface area (Å²) in [6.07, 6.45) is 0. The summed E-state index contributed by atoms with van der Waals surface area (Å²) in [4.78, 5) is 27.1. The molecule has 3 rings (SSSR count). The number of amides is 2. The van der Waals surface area contributed by atoms with Crippen molar-refractivity contribution >= 4 is 34.8 Å². The third kappa shape index (κ3) is 2.80. The Hall–Kier alpha value is -2.40. The number of carbonyl (C=O) groups is 2. The largest absolute Gasteiger partial charge is 0.272 e. The van der Waals surface area contributed by atoms with E-state index in [0.717, 1.165) is 4.90 Å². The van der Waals surface area contributed by atoms with Gasteiger partial charge >= 0.3 is 0 Å². The average molecular weight is 327 g/mol. The zero-order valence-corrected chi connectivity index (χ0v) is 13.3. The van der Waals surface area contributed by atoms with E-state index in [1.54, 1.807) is 0 Å². The van der Waals surface area contributed by atoms with E-state index in [4.69, 9.17) is 0 Å². The van der Waals surface area contributed by atoms with Crippen LogP contribution in [-0.4, -0.2) is 17.6 Å². The molecule has 1 heterocycles. The van der Waals surface area contributed by atoms with Gasteiger partial charge in [-0.1, -0.05) is 37.3 Å². The summed E-state index contributed by atoms with van der Waals surface area (Å²) in [7, 11) is 0. The lowest BCUT2D eigenvalue weighted by atomic mass is 10.1. The van der Waals surface area contributed by atoms with E-state index in [0.29, 0.717) is 27.5 Å². The van der Waals surface area contributed by atoms with Gasteiger partial charge in [-0.05, 0) is 35.6 Å². The first kappa shape index (κ1) is 15.5. The van der Waals surface area contributed by atoms with Crippen LogP contribution in [0, 0.1) is 5.82 Å². The second kappa shape index (κ2) is 6.38. The highest BCUT2D eigenvalue weighted by Gasteiger charge is 2.39. The van der Waals surface area contributed by atoms with Gasteiger partial charge in [0.05, 0.1) is 16.2 Å². The first-order valence-electron chi connectivity index (χ1n) is 7.20. The average Bonchev–Trinajstić information content (AvgIpc) is 2.81. The van der Waals surface area contributed by atoms with Crippen LogP contribution < -0.4 is 4.90 Å². The Balaban J connectivity index is 2.08. The molecule has 0 spiro atoms. The maximum atomic E-state index is 13.1. The molecular weight excluding hydrogens is 313 g/mol. The molecule has 1 aliphatic rings. The van der Waals surface area contributed by atoms with Crippen LogP contribution in [0.15, 0.2) is 59.5 Å². The fraction of sp³-hybridized carbons (Fsp3) is 0.111. The molecule has 3 nitrogen and oxygen atoms in total. The third-order valence-electron chi connectivity index (χ3n) is 3.48. The highest BCUT2D eigenvalue weighted by Crippen LogP contribution is 2.38.